The van der Waals surface area contributed by atoms with Crippen molar-refractivity contribution in [1.82, 2.24) is 15.1 Å². The van der Waals surface area contributed by atoms with Crippen LogP contribution in [0.4, 0.5) is 0 Å². The third-order valence-electron chi connectivity index (χ3n) is 6.88. The fourth-order valence-corrected chi connectivity index (χ4v) is 5.09. The lowest BCUT2D eigenvalue weighted by molar-refractivity contribution is 0.0723. The molecule has 202 valence electrons. The predicted octanol–water partition coefficient (Wildman–Crippen LogP) is 5.91. The van der Waals surface area contributed by atoms with Crippen LogP contribution < -0.4 is 9.47 Å². The van der Waals surface area contributed by atoms with E-state index in [2.05, 4.69) is 10.2 Å². The van der Waals surface area contributed by atoms with Gasteiger partial charge in [0.25, 0.3) is 5.91 Å². The van der Waals surface area contributed by atoms with Gasteiger partial charge in [-0.3, -0.25) is 9.89 Å². The molecule has 4 aromatic rings. The molecule has 0 radical (unpaired) electrons. The van der Waals surface area contributed by atoms with Crippen molar-refractivity contribution in [3.8, 4) is 28.5 Å². The average molecular weight is 548 g/mol. The number of aromatic amines is 1. The molecule has 0 saturated carbocycles. The third kappa shape index (κ3) is 5.17. The number of phenolic OH excluding ortho intramolecular Hbond substituents is 1. The zero-order valence-electron chi connectivity index (χ0n) is 22.0. The van der Waals surface area contributed by atoms with E-state index in [1.807, 2.05) is 55.5 Å². The first-order chi connectivity index (χ1) is 18.9. The van der Waals surface area contributed by atoms with E-state index in [0.717, 1.165) is 16.7 Å². The Morgan fingerprint density at radius 2 is 1.87 bits per heavy atom. The number of H-pyrrole nitrogens is 1. The van der Waals surface area contributed by atoms with Gasteiger partial charge in [-0.1, -0.05) is 48.0 Å². The molecule has 0 spiro atoms. The maximum Gasteiger partial charge on any atom is 0.273 e. The van der Waals surface area contributed by atoms with Gasteiger partial charge in [-0.15, -0.1) is 0 Å². The summed E-state index contributed by atoms with van der Waals surface area (Å²) in [6, 6.07) is 18.4. The maximum absolute atomic E-state index is 13.6. The molecule has 39 heavy (non-hydrogen) atoms. The minimum Gasteiger partial charge on any atom is -0.507 e. The minimum atomic E-state index is -0.477. The van der Waals surface area contributed by atoms with E-state index in [1.54, 1.807) is 31.3 Å². The number of aryl methyl sites for hydroxylation is 1. The summed E-state index contributed by atoms with van der Waals surface area (Å²) in [6.45, 7) is 3.19. The lowest BCUT2D eigenvalue weighted by Crippen LogP contribution is -2.31. The van der Waals surface area contributed by atoms with Crippen molar-refractivity contribution in [1.29, 1.82) is 0 Å². The normalized spacial score (nSPS) is 14.5. The van der Waals surface area contributed by atoms with Gasteiger partial charge in [0.2, 0.25) is 0 Å². The quantitative estimate of drug-likeness (QED) is 0.239. The molecule has 0 saturated heterocycles. The lowest BCUT2D eigenvalue weighted by atomic mass is 9.95. The van der Waals surface area contributed by atoms with E-state index in [0.29, 0.717) is 65.2 Å². The van der Waals surface area contributed by atoms with Gasteiger partial charge in [0.1, 0.15) is 23.7 Å². The van der Waals surface area contributed by atoms with E-state index < -0.39 is 6.04 Å². The van der Waals surface area contributed by atoms with Crippen LogP contribution in [-0.2, 0) is 11.3 Å². The zero-order valence-corrected chi connectivity index (χ0v) is 22.8. The second kappa shape index (κ2) is 11.4. The number of hydrogen-bond donors (Lipinski definition) is 2. The van der Waals surface area contributed by atoms with Crippen molar-refractivity contribution in [3.63, 3.8) is 0 Å². The second-order valence-corrected chi connectivity index (χ2v) is 9.82. The predicted molar refractivity (Wildman–Crippen MR) is 149 cm³/mol. The van der Waals surface area contributed by atoms with Gasteiger partial charge in [-0.25, -0.2) is 0 Å². The first-order valence-corrected chi connectivity index (χ1v) is 13.0. The molecule has 0 fully saturated rings. The van der Waals surface area contributed by atoms with Crippen molar-refractivity contribution in [2.75, 3.05) is 27.4 Å². The summed E-state index contributed by atoms with van der Waals surface area (Å²) in [6.07, 6.45) is 0.656. The molecule has 1 amide bonds. The number of fused-ring (bicyclic) bond motifs is 1. The molecule has 1 aliphatic heterocycles. The first kappa shape index (κ1) is 26.6. The van der Waals surface area contributed by atoms with Gasteiger partial charge in [-0.05, 0) is 54.3 Å². The highest BCUT2D eigenvalue weighted by Crippen LogP contribution is 2.46. The van der Waals surface area contributed by atoms with Gasteiger partial charge < -0.3 is 24.2 Å². The molecule has 2 heterocycles. The van der Waals surface area contributed by atoms with Crippen molar-refractivity contribution < 1.29 is 24.1 Å². The monoisotopic (exact) mass is 547 g/mol. The number of rotatable bonds is 10. The van der Waals surface area contributed by atoms with Crippen molar-refractivity contribution in [3.05, 3.63) is 93.6 Å². The van der Waals surface area contributed by atoms with Gasteiger partial charge >= 0.3 is 0 Å². The summed E-state index contributed by atoms with van der Waals surface area (Å²) in [7, 11) is 3.22. The molecule has 1 unspecified atom stereocenters. The number of carbonyl (C=O) groups excluding carboxylic acids is 1. The number of phenols is 1. The Balaban J connectivity index is 1.56. The van der Waals surface area contributed by atoms with E-state index in [1.165, 1.54) is 0 Å². The number of benzene rings is 3. The molecule has 1 atom stereocenters. The van der Waals surface area contributed by atoms with Gasteiger partial charge in [-0.2, -0.15) is 5.10 Å². The SMILES string of the molecule is COCCCN1C(=O)c2[nH]nc(-c3cc(Cl)c(C)cc3O)c2C1c1ccc(OCc2ccccc2)c(OC)c1. The molecule has 5 rings (SSSR count). The number of nitrogens with one attached hydrogen (secondary N) is 1. The van der Waals surface area contributed by atoms with Crippen LogP contribution in [0.1, 0.15) is 45.2 Å². The number of carbonyl (C=O) groups is 1. The molecular weight excluding hydrogens is 518 g/mol. The van der Waals surface area contributed by atoms with Crippen LogP contribution >= 0.6 is 11.6 Å². The summed E-state index contributed by atoms with van der Waals surface area (Å²) in [5, 5.41) is 18.6. The summed E-state index contributed by atoms with van der Waals surface area (Å²) in [5.74, 6) is 1.01. The number of methoxy groups -OCH3 is 2. The van der Waals surface area contributed by atoms with Crippen molar-refractivity contribution in [2.24, 2.45) is 0 Å². The lowest BCUT2D eigenvalue weighted by Gasteiger charge is -2.27. The van der Waals surface area contributed by atoms with Gasteiger partial charge in [0, 0.05) is 36.4 Å². The van der Waals surface area contributed by atoms with Crippen LogP contribution in [0.25, 0.3) is 11.3 Å². The molecule has 1 aliphatic rings. The number of aromatic hydroxyl groups is 1. The Morgan fingerprint density at radius 1 is 1.08 bits per heavy atom. The number of halogens is 1. The number of ether oxygens (including phenoxy) is 3. The van der Waals surface area contributed by atoms with Crippen LogP contribution in [0.5, 0.6) is 17.2 Å². The highest BCUT2D eigenvalue weighted by atomic mass is 35.5. The van der Waals surface area contributed by atoms with Gasteiger partial charge in [0.05, 0.1) is 13.2 Å². The van der Waals surface area contributed by atoms with Crippen molar-refractivity contribution in [2.45, 2.75) is 26.0 Å². The minimum absolute atomic E-state index is 0.0393. The maximum atomic E-state index is 13.6. The molecule has 3 aromatic carbocycles. The molecular formula is C30H30ClN3O5. The summed E-state index contributed by atoms with van der Waals surface area (Å²) < 4.78 is 17.0. The summed E-state index contributed by atoms with van der Waals surface area (Å²) in [4.78, 5) is 15.4. The number of nitrogens with zero attached hydrogens (tertiary/aromatic N) is 2. The second-order valence-electron chi connectivity index (χ2n) is 9.41. The molecule has 1 aromatic heterocycles. The average Bonchev–Trinajstić information content (AvgIpc) is 3.49. The summed E-state index contributed by atoms with van der Waals surface area (Å²) in [5.41, 5.74) is 4.59. The van der Waals surface area contributed by atoms with Crippen LogP contribution in [-0.4, -0.2) is 53.5 Å². The highest BCUT2D eigenvalue weighted by Gasteiger charge is 2.42. The smallest absolute Gasteiger partial charge is 0.273 e. The fourth-order valence-electron chi connectivity index (χ4n) is 4.92. The van der Waals surface area contributed by atoms with E-state index in [-0.39, 0.29) is 11.7 Å². The molecule has 2 N–H and O–H groups in total. The van der Waals surface area contributed by atoms with Gasteiger partial charge in [0.15, 0.2) is 11.5 Å². The molecule has 0 bridgehead atoms. The van der Waals surface area contributed by atoms with Crippen LogP contribution in [0.2, 0.25) is 5.02 Å². The Hall–Kier alpha value is -4.01. The Labute approximate surface area is 232 Å². The largest absolute Gasteiger partial charge is 0.507 e. The van der Waals surface area contributed by atoms with E-state index in [4.69, 9.17) is 25.8 Å². The Morgan fingerprint density at radius 3 is 2.62 bits per heavy atom. The zero-order chi connectivity index (χ0) is 27.5. The topological polar surface area (TPSA) is 96.9 Å². The van der Waals surface area contributed by atoms with E-state index >= 15 is 0 Å². The summed E-state index contributed by atoms with van der Waals surface area (Å²) >= 11 is 6.41. The number of hydrogen-bond acceptors (Lipinski definition) is 6. The van der Waals surface area contributed by atoms with E-state index in [9.17, 15) is 9.90 Å². The fraction of sp³-hybridized carbons (Fsp3) is 0.267. The Kier molecular flexibility index (Phi) is 7.77. The molecule has 9 heteroatoms. The first-order valence-electron chi connectivity index (χ1n) is 12.6. The van der Waals surface area contributed by atoms with Crippen LogP contribution in [0.3, 0.4) is 0 Å². The van der Waals surface area contributed by atoms with Crippen molar-refractivity contribution >= 4 is 17.5 Å². The van der Waals surface area contributed by atoms with Crippen LogP contribution in [0.15, 0.2) is 60.7 Å². The highest BCUT2D eigenvalue weighted by molar-refractivity contribution is 6.31. The molecule has 0 aliphatic carbocycles. The standard InChI is InChI=1S/C30H30ClN3O5/c1-18-14-23(35)21(16-22(18)31)27-26-28(33-32-27)30(36)34(12-7-13-37-2)29(26)20-10-11-24(25(15-20)38-3)39-17-19-8-5-4-6-9-19/h4-6,8-11,14-16,29,35H,7,12-13,17H2,1-3H3,(H,32,33). The number of amides is 1. The Bertz CT molecular complexity index is 1490. The van der Waals surface area contributed by atoms with Crippen LogP contribution in [0, 0.1) is 6.92 Å². The molecule has 8 nitrogen and oxygen atoms in total. The number of aromatic nitrogens is 2. The third-order valence-corrected chi connectivity index (χ3v) is 7.29.